The van der Waals surface area contributed by atoms with Gasteiger partial charge in [-0.2, -0.15) is 0 Å². The molecule has 0 aliphatic carbocycles. The third kappa shape index (κ3) is 4.15. The zero-order valence-electron chi connectivity index (χ0n) is 18.8. The molecule has 0 saturated carbocycles. The second-order valence-corrected chi connectivity index (χ2v) is 8.13. The summed E-state index contributed by atoms with van der Waals surface area (Å²) in [7, 11) is 0. The highest BCUT2D eigenvalue weighted by Gasteiger charge is 2.25. The lowest BCUT2D eigenvalue weighted by atomic mass is 9.98. The van der Waals surface area contributed by atoms with E-state index in [1.807, 2.05) is 24.3 Å². The molecule has 5 rings (SSSR count). The number of benzene rings is 3. The van der Waals surface area contributed by atoms with Crippen molar-refractivity contribution in [3.8, 4) is 22.8 Å². The Bertz CT molecular complexity index is 1370. The maximum atomic E-state index is 13.1. The van der Waals surface area contributed by atoms with Crippen molar-refractivity contribution in [3.63, 3.8) is 0 Å². The van der Waals surface area contributed by atoms with E-state index in [1.165, 1.54) is 12.1 Å². The molecule has 1 aromatic heterocycles. The molecule has 5 nitrogen and oxygen atoms in total. The number of halogens is 1. The topological polar surface area (TPSA) is 60.7 Å². The summed E-state index contributed by atoms with van der Waals surface area (Å²) < 4.78 is 30.5. The van der Waals surface area contributed by atoms with Crippen LogP contribution in [0.3, 0.4) is 0 Å². The monoisotopic (exact) mass is 457 g/mol. The molecule has 0 unspecified atom stereocenters. The lowest BCUT2D eigenvalue weighted by Gasteiger charge is -2.09. The molecular formula is C28H24FNO4. The highest BCUT2D eigenvalue weighted by atomic mass is 19.1. The number of hydrogen-bond donors (Lipinski definition) is 1. The maximum absolute atomic E-state index is 13.1. The molecule has 1 N–H and O–H groups in total. The van der Waals surface area contributed by atoms with Crippen LogP contribution in [0.5, 0.6) is 11.5 Å². The van der Waals surface area contributed by atoms with E-state index in [1.54, 1.807) is 31.2 Å². The van der Waals surface area contributed by atoms with Gasteiger partial charge in [0, 0.05) is 34.8 Å². The first-order valence-electron chi connectivity index (χ1n) is 11.3. The summed E-state index contributed by atoms with van der Waals surface area (Å²) in [5.74, 6) is 0.786. The molecule has 0 atom stereocenters. The fourth-order valence-electron chi connectivity index (χ4n) is 4.16. The Morgan fingerprint density at radius 2 is 1.79 bits per heavy atom. The zero-order chi connectivity index (χ0) is 23.7. The largest absolute Gasteiger partial charge is 0.462 e. The van der Waals surface area contributed by atoms with Gasteiger partial charge in [-0.15, -0.1) is 0 Å². The molecule has 4 aromatic rings. The van der Waals surface area contributed by atoms with Crippen LogP contribution in [0.25, 0.3) is 27.9 Å². The quantitative estimate of drug-likeness (QED) is 0.316. The van der Waals surface area contributed by atoms with E-state index in [2.05, 4.69) is 11.9 Å². The van der Waals surface area contributed by atoms with E-state index < -0.39 is 5.97 Å². The van der Waals surface area contributed by atoms with Crippen LogP contribution in [-0.4, -0.2) is 19.1 Å². The van der Waals surface area contributed by atoms with Gasteiger partial charge in [-0.25, -0.2) is 9.18 Å². The van der Waals surface area contributed by atoms with Gasteiger partial charge in [-0.3, -0.25) is 0 Å². The second kappa shape index (κ2) is 9.06. The molecule has 3 aromatic carbocycles. The third-order valence-corrected chi connectivity index (χ3v) is 5.83. The number of ether oxygens (including phenoxy) is 2. The molecular weight excluding hydrogens is 433 g/mol. The van der Waals surface area contributed by atoms with E-state index in [4.69, 9.17) is 13.9 Å². The molecule has 34 heavy (non-hydrogen) atoms. The molecule has 0 fully saturated rings. The second-order valence-electron chi connectivity index (χ2n) is 8.13. The van der Waals surface area contributed by atoms with Gasteiger partial charge in [-0.1, -0.05) is 6.58 Å². The summed E-state index contributed by atoms with van der Waals surface area (Å²) in [5, 5.41) is 4.13. The van der Waals surface area contributed by atoms with Gasteiger partial charge >= 0.3 is 5.97 Å². The van der Waals surface area contributed by atoms with E-state index in [0.29, 0.717) is 39.4 Å². The summed E-state index contributed by atoms with van der Waals surface area (Å²) in [6, 6.07) is 16.9. The van der Waals surface area contributed by atoms with Gasteiger partial charge in [0.25, 0.3) is 0 Å². The predicted molar refractivity (Wildman–Crippen MR) is 131 cm³/mol. The summed E-state index contributed by atoms with van der Waals surface area (Å²) in [6.07, 6.45) is 1.89. The Labute approximate surface area is 196 Å². The van der Waals surface area contributed by atoms with Crippen LogP contribution in [0, 0.1) is 5.82 Å². The Morgan fingerprint density at radius 1 is 1.09 bits per heavy atom. The molecule has 0 amide bonds. The van der Waals surface area contributed by atoms with Gasteiger partial charge in [0.2, 0.25) is 0 Å². The molecule has 0 spiro atoms. The standard InChI is InChI=1S/C28H24FNO4/c1-3-32-28(31)26-23-15-22-17(2)5-4-14-30-24(22)16-25(23)34-27(26)18-6-10-20(11-7-18)33-21-12-8-19(29)9-13-21/h6-13,15-16,30H,2-5,14H2,1H3. The average Bonchev–Trinajstić information content (AvgIpc) is 3.11. The van der Waals surface area contributed by atoms with Crippen molar-refractivity contribution in [3.05, 3.63) is 84.2 Å². The van der Waals surface area contributed by atoms with Crippen molar-refractivity contribution in [2.75, 3.05) is 18.5 Å². The van der Waals surface area contributed by atoms with E-state index in [9.17, 15) is 9.18 Å². The number of allylic oxidation sites excluding steroid dienone is 1. The van der Waals surface area contributed by atoms with Crippen LogP contribution in [0.2, 0.25) is 0 Å². The fraction of sp³-hybridized carbons (Fsp3) is 0.179. The minimum absolute atomic E-state index is 0.259. The van der Waals surface area contributed by atoms with Crippen LogP contribution >= 0.6 is 0 Å². The molecule has 172 valence electrons. The summed E-state index contributed by atoms with van der Waals surface area (Å²) in [6.45, 7) is 7.11. The van der Waals surface area contributed by atoms with Gasteiger partial charge in [0.1, 0.15) is 34.2 Å². The van der Waals surface area contributed by atoms with Crippen molar-refractivity contribution < 1.29 is 23.1 Å². The van der Waals surface area contributed by atoms with Gasteiger partial charge in [0.05, 0.1) is 6.61 Å². The molecule has 6 heteroatoms. The smallest absolute Gasteiger partial charge is 0.342 e. The first kappa shape index (κ1) is 21.8. The SMILES string of the molecule is C=C1CCCNc2cc3oc(-c4ccc(Oc5ccc(F)cc5)cc4)c(C(=O)OCC)c3cc21. The Kier molecular flexibility index (Phi) is 5.80. The number of esters is 1. The minimum atomic E-state index is -0.435. The number of rotatable bonds is 5. The third-order valence-electron chi connectivity index (χ3n) is 5.83. The first-order chi connectivity index (χ1) is 16.5. The molecule has 0 radical (unpaired) electrons. The number of carbonyl (C=O) groups excluding carboxylic acids is 1. The summed E-state index contributed by atoms with van der Waals surface area (Å²) >= 11 is 0. The number of hydrogen-bond acceptors (Lipinski definition) is 5. The molecule has 0 bridgehead atoms. The number of nitrogens with one attached hydrogen (secondary N) is 1. The maximum Gasteiger partial charge on any atom is 0.342 e. The number of anilines is 1. The Balaban J connectivity index is 1.56. The number of fused-ring (bicyclic) bond motifs is 2. The molecule has 0 saturated heterocycles. The fourth-order valence-corrected chi connectivity index (χ4v) is 4.16. The Hall–Kier alpha value is -4.06. The van der Waals surface area contributed by atoms with Crippen molar-refractivity contribution in [2.24, 2.45) is 0 Å². The van der Waals surface area contributed by atoms with Gasteiger partial charge in [0.15, 0.2) is 0 Å². The highest BCUT2D eigenvalue weighted by molar-refractivity contribution is 6.10. The normalized spacial score (nSPS) is 13.2. The van der Waals surface area contributed by atoms with Crippen LogP contribution in [0.4, 0.5) is 10.1 Å². The van der Waals surface area contributed by atoms with E-state index in [0.717, 1.165) is 36.2 Å². The van der Waals surface area contributed by atoms with Crippen molar-refractivity contribution in [1.29, 1.82) is 0 Å². The van der Waals surface area contributed by atoms with Crippen LogP contribution in [0.1, 0.15) is 35.7 Å². The number of carbonyl (C=O) groups is 1. The van der Waals surface area contributed by atoms with Crippen LogP contribution in [0.15, 0.2) is 71.7 Å². The zero-order valence-corrected chi connectivity index (χ0v) is 18.8. The first-order valence-corrected chi connectivity index (χ1v) is 11.3. The van der Waals surface area contributed by atoms with Crippen LogP contribution in [-0.2, 0) is 4.74 Å². The molecule has 1 aliphatic heterocycles. The predicted octanol–water partition coefficient (Wildman–Crippen LogP) is 7.43. The van der Waals surface area contributed by atoms with Crippen molar-refractivity contribution in [1.82, 2.24) is 0 Å². The Morgan fingerprint density at radius 3 is 2.50 bits per heavy atom. The molecule has 2 heterocycles. The van der Waals surface area contributed by atoms with Crippen molar-refractivity contribution in [2.45, 2.75) is 19.8 Å². The number of furan rings is 1. The summed E-state index contributed by atoms with van der Waals surface area (Å²) in [5.41, 5.74) is 4.68. The average molecular weight is 458 g/mol. The van der Waals surface area contributed by atoms with Gasteiger partial charge in [-0.05, 0) is 79.9 Å². The lowest BCUT2D eigenvalue weighted by molar-refractivity contribution is 0.0528. The van der Waals surface area contributed by atoms with E-state index in [-0.39, 0.29) is 12.4 Å². The van der Waals surface area contributed by atoms with E-state index >= 15 is 0 Å². The lowest BCUT2D eigenvalue weighted by Crippen LogP contribution is -2.05. The van der Waals surface area contributed by atoms with Gasteiger partial charge < -0.3 is 19.2 Å². The van der Waals surface area contributed by atoms with Crippen LogP contribution < -0.4 is 10.1 Å². The summed E-state index contributed by atoms with van der Waals surface area (Å²) in [4.78, 5) is 13.0. The van der Waals surface area contributed by atoms with Crippen molar-refractivity contribution >= 4 is 28.2 Å². The minimum Gasteiger partial charge on any atom is -0.462 e. The highest BCUT2D eigenvalue weighted by Crippen LogP contribution is 2.40. The molecule has 1 aliphatic rings.